The molecule has 1 saturated heterocycles. The summed E-state index contributed by atoms with van der Waals surface area (Å²) in [6.07, 6.45) is 0. The summed E-state index contributed by atoms with van der Waals surface area (Å²) in [5.41, 5.74) is -1.06. The topological polar surface area (TPSA) is 89.8 Å². The number of ether oxygens (including phenoxy) is 1. The molecule has 0 aromatic heterocycles. The van der Waals surface area contributed by atoms with E-state index in [0.717, 1.165) is 6.07 Å². The van der Waals surface area contributed by atoms with Crippen LogP contribution >= 0.6 is 11.6 Å². The lowest BCUT2D eigenvalue weighted by Gasteiger charge is -2.40. The number of rotatable bonds is 3. The molecule has 1 heterocycles. The van der Waals surface area contributed by atoms with E-state index >= 15 is 0 Å². The molecule has 0 aliphatic carbocycles. The van der Waals surface area contributed by atoms with E-state index in [1.807, 2.05) is 0 Å². The second-order valence-corrected chi connectivity index (χ2v) is 7.55. The quantitative estimate of drug-likeness (QED) is 0.623. The lowest BCUT2D eigenvalue weighted by Crippen LogP contribution is -2.55. The highest BCUT2D eigenvalue weighted by Gasteiger charge is 2.41. The average Bonchev–Trinajstić information content (AvgIpc) is 2.37. The van der Waals surface area contributed by atoms with E-state index in [0.29, 0.717) is 0 Å². The Hall–Kier alpha value is -1.22. The van der Waals surface area contributed by atoms with Crippen LogP contribution < -0.4 is 0 Å². The molecule has 1 fully saturated rings. The van der Waals surface area contributed by atoms with E-state index in [2.05, 4.69) is 0 Å². The first kappa shape index (κ1) is 16.2. The van der Waals surface area contributed by atoms with E-state index in [4.69, 9.17) is 16.3 Å². The Kier molecular flexibility index (Phi) is 4.25. The molecule has 0 saturated carbocycles. The monoisotopic (exact) mass is 334 g/mol. The number of hydrogen-bond acceptors (Lipinski definition) is 5. The zero-order valence-corrected chi connectivity index (χ0v) is 13.1. The minimum atomic E-state index is -3.94. The van der Waals surface area contributed by atoms with Gasteiger partial charge in [-0.3, -0.25) is 10.1 Å². The molecular weight excluding hydrogens is 320 g/mol. The Bertz CT molecular complexity index is 674. The SMILES string of the molecule is CC1(C)COCCN1S(=O)(=O)c1cc([N+](=O)[O-])ccc1Cl. The number of sulfonamides is 1. The first-order valence-corrected chi connectivity index (χ1v) is 8.02. The van der Waals surface area contributed by atoms with Gasteiger partial charge in [-0.1, -0.05) is 11.6 Å². The molecule has 9 heteroatoms. The van der Waals surface area contributed by atoms with Crippen LogP contribution in [0.15, 0.2) is 23.1 Å². The van der Waals surface area contributed by atoms with Gasteiger partial charge in [-0.05, 0) is 19.9 Å². The molecule has 116 valence electrons. The van der Waals surface area contributed by atoms with Crippen molar-refractivity contribution in [2.24, 2.45) is 0 Å². The summed E-state index contributed by atoms with van der Waals surface area (Å²) in [5, 5.41) is 10.8. The summed E-state index contributed by atoms with van der Waals surface area (Å²) in [5.74, 6) is 0. The van der Waals surface area contributed by atoms with Crippen LogP contribution in [0, 0.1) is 10.1 Å². The van der Waals surface area contributed by atoms with Crippen molar-refractivity contribution in [3.8, 4) is 0 Å². The van der Waals surface area contributed by atoms with E-state index in [-0.39, 0.29) is 35.4 Å². The minimum absolute atomic E-state index is 0.0390. The Morgan fingerprint density at radius 2 is 2.10 bits per heavy atom. The van der Waals surface area contributed by atoms with Gasteiger partial charge in [0.15, 0.2) is 0 Å². The molecule has 0 amide bonds. The zero-order valence-electron chi connectivity index (χ0n) is 11.6. The van der Waals surface area contributed by atoms with E-state index < -0.39 is 20.5 Å². The van der Waals surface area contributed by atoms with Crippen LogP contribution in [-0.4, -0.2) is 42.9 Å². The molecule has 1 aliphatic heterocycles. The van der Waals surface area contributed by atoms with Crippen molar-refractivity contribution in [3.05, 3.63) is 33.3 Å². The van der Waals surface area contributed by atoms with Crippen molar-refractivity contribution >= 4 is 27.3 Å². The molecule has 0 spiro atoms. The Morgan fingerprint density at radius 1 is 1.43 bits per heavy atom. The second kappa shape index (κ2) is 5.53. The van der Waals surface area contributed by atoms with Crippen LogP contribution in [0.2, 0.25) is 5.02 Å². The zero-order chi connectivity index (χ0) is 15.8. The Morgan fingerprint density at radius 3 is 2.67 bits per heavy atom. The summed E-state index contributed by atoms with van der Waals surface area (Å²) in [6, 6.07) is 3.38. The average molecular weight is 335 g/mol. The summed E-state index contributed by atoms with van der Waals surface area (Å²) in [7, 11) is -3.94. The van der Waals surface area contributed by atoms with Gasteiger partial charge in [-0.15, -0.1) is 0 Å². The number of nitro benzene ring substituents is 1. The van der Waals surface area contributed by atoms with Gasteiger partial charge in [0, 0.05) is 18.7 Å². The van der Waals surface area contributed by atoms with Crippen LogP contribution in [0.25, 0.3) is 0 Å². The van der Waals surface area contributed by atoms with Crippen LogP contribution in [0.1, 0.15) is 13.8 Å². The van der Waals surface area contributed by atoms with Crippen molar-refractivity contribution in [3.63, 3.8) is 0 Å². The van der Waals surface area contributed by atoms with Gasteiger partial charge in [-0.2, -0.15) is 4.31 Å². The largest absolute Gasteiger partial charge is 0.378 e. The maximum Gasteiger partial charge on any atom is 0.270 e. The van der Waals surface area contributed by atoms with E-state index in [1.54, 1.807) is 13.8 Å². The maximum atomic E-state index is 12.8. The molecule has 1 aromatic carbocycles. The number of nitrogens with zero attached hydrogens (tertiary/aromatic N) is 2. The molecule has 0 unspecified atom stereocenters. The first-order valence-electron chi connectivity index (χ1n) is 6.21. The molecule has 2 rings (SSSR count). The maximum absolute atomic E-state index is 12.8. The van der Waals surface area contributed by atoms with Gasteiger partial charge < -0.3 is 4.74 Å². The van der Waals surface area contributed by atoms with Gasteiger partial charge >= 0.3 is 0 Å². The van der Waals surface area contributed by atoms with Crippen molar-refractivity contribution in [1.29, 1.82) is 0 Å². The molecule has 7 nitrogen and oxygen atoms in total. The smallest absolute Gasteiger partial charge is 0.270 e. The molecular formula is C12H15ClN2O5S. The van der Waals surface area contributed by atoms with Crippen molar-refractivity contribution in [2.75, 3.05) is 19.8 Å². The predicted octanol–water partition coefficient (Wildman–Crippen LogP) is 2.05. The highest BCUT2D eigenvalue weighted by Crippen LogP contribution is 2.33. The van der Waals surface area contributed by atoms with Crippen molar-refractivity contribution in [2.45, 2.75) is 24.3 Å². The fourth-order valence-electron chi connectivity index (χ4n) is 2.21. The highest BCUT2D eigenvalue weighted by molar-refractivity contribution is 7.89. The fourth-order valence-corrected chi connectivity index (χ4v) is 4.46. The standard InChI is InChI=1S/C12H15ClN2O5S/c1-12(2)8-20-6-5-14(12)21(18,19)11-7-9(15(16)17)3-4-10(11)13/h3-4,7H,5-6,8H2,1-2H3. The van der Waals surface area contributed by atoms with Crippen molar-refractivity contribution < 1.29 is 18.1 Å². The van der Waals surface area contributed by atoms with E-state index in [1.165, 1.54) is 16.4 Å². The lowest BCUT2D eigenvalue weighted by molar-refractivity contribution is -0.385. The molecule has 1 aliphatic rings. The normalized spacial score (nSPS) is 19.4. The second-order valence-electron chi connectivity index (χ2n) is 5.31. The molecule has 0 N–H and O–H groups in total. The van der Waals surface area contributed by atoms with Crippen LogP contribution in [0.3, 0.4) is 0 Å². The first-order chi connectivity index (χ1) is 9.66. The minimum Gasteiger partial charge on any atom is -0.378 e. The number of nitro groups is 1. The number of halogens is 1. The van der Waals surface area contributed by atoms with Gasteiger partial charge in [0.05, 0.1) is 28.7 Å². The number of non-ortho nitro benzene ring substituents is 1. The third kappa shape index (κ3) is 3.03. The molecule has 0 radical (unpaired) electrons. The van der Waals surface area contributed by atoms with Gasteiger partial charge in [0.2, 0.25) is 10.0 Å². The number of benzene rings is 1. The molecule has 21 heavy (non-hydrogen) atoms. The molecule has 0 bridgehead atoms. The van der Waals surface area contributed by atoms with Crippen LogP contribution in [-0.2, 0) is 14.8 Å². The highest BCUT2D eigenvalue weighted by atomic mass is 35.5. The number of morpholine rings is 1. The van der Waals surface area contributed by atoms with Gasteiger partial charge in [0.1, 0.15) is 4.90 Å². The predicted molar refractivity (Wildman–Crippen MR) is 76.9 cm³/mol. The Balaban J connectivity index is 2.53. The van der Waals surface area contributed by atoms with E-state index in [9.17, 15) is 18.5 Å². The summed E-state index contributed by atoms with van der Waals surface area (Å²) < 4.78 is 32.1. The summed E-state index contributed by atoms with van der Waals surface area (Å²) >= 11 is 5.94. The van der Waals surface area contributed by atoms with Gasteiger partial charge in [-0.25, -0.2) is 8.42 Å². The third-order valence-electron chi connectivity index (χ3n) is 3.26. The summed E-state index contributed by atoms with van der Waals surface area (Å²) in [4.78, 5) is 9.92. The Labute approximate surface area is 127 Å². The van der Waals surface area contributed by atoms with Gasteiger partial charge in [0.25, 0.3) is 5.69 Å². The molecule has 0 atom stereocenters. The van der Waals surface area contributed by atoms with Crippen LogP contribution in [0.5, 0.6) is 0 Å². The van der Waals surface area contributed by atoms with Crippen LogP contribution in [0.4, 0.5) is 5.69 Å². The third-order valence-corrected chi connectivity index (χ3v) is 5.86. The summed E-state index contributed by atoms with van der Waals surface area (Å²) in [6.45, 7) is 4.16. The number of hydrogen-bond donors (Lipinski definition) is 0. The molecule has 1 aromatic rings. The fraction of sp³-hybridized carbons (Fsp3) is 0.500. The van der Waals surface area contributed by atoms with Crippen molar-refractivity contribution in [1.82, 2.24) is 4.31 Å². The lowest BCUT2D eigenvalue weighted by atomic mass is 10.1.